The normalized spacial score (nSPS) is 24.3. The zero-order chi connectivity index (χ0) is 18.6. The van der Waals surface area contributed by atoms with Crippen molar-refractivity contribution in [2.24, 2.45) is 0 Å². The Morgan fingerprint density at radius 1 is 1.15 bits per heavy atom. The van der Waals surface area contributed by atoms with Gasteiger partial charge in [0.2, 0.25) is 0 Å². The van der Waals surface area contributed by atoms with Crippen LogP contribution in [0.5, 0.6) is 0 Å². The van der Waals surface area contributed by atoms with Crippen LogP contribution in [0.1, 0.15) is 62.0 Å². The molecule has 0 radical (unpaired) electrons. The number of aromatic nitrogens is 3. The first-order valence-electron chi connectivity index (χ1n) is 10.2. The fraction of sp³-hybridized carbons (Fsp3) is 0.591. The van der Waals surface area contributed by atoms with Crippen molar-refractivity contribution in [3.63, 3.8) is 0 Å². The molecule has 0 aromatic carbocycles. The van der Waals surface area contributed by atoms with Gasteiger partial charge in [0, 0.05) is 42.9 Å². The minimum atomic E-state index is 0.0811. The molecule has 5 heteroatoms. The van der Waals surface area contributed by atoms with Crippen molar-refractivity contribution in [1.82, 2.24) is 20.3 Å². The van der Waals surface area contributed by atoms with Gasteiger partial charge in [0.05, 0.1) is 17.0 Å². The molecule has 5 nitrogen and oxygen atoms in total. The van der Waals surface area contributed by atoms with Crippen LogP contribution in [0.25, 0.3) is 0 Å². The van der Waals surface area contributed by atoms with Crippen LogP contribution < -0.4 is 5.32 Å². The second kappa shape index (κ2) is 8.03. The highest BCUT2D eigenvalue weighted by atomic mass is 16.5. The second-order valence-electron chi connectivity index (χ2n) is 8.24. The molecule has 0 amide bonds. The third-order valence-electron chi connectivity index (χ3n) is 6.26. The van der Waals surface area contributed by atoms with Gasteiger partial charge >= 0.3 is 0 Å². The van der Waals surface area contributed by atoms with Crippen LogP contribution in [0.4, 0.5) is 0 Å². The topological polar surface area (TPSA) is 59.9 Å². The Hall–Kier alpha value is -1.85. The van der Waals surface area contributed by atoms with Gasteiger partial charge in [-0.1, -0.05) is 18.9 Å². The van der Waals surface area contributed by atoms with Crippen molar-refractivity contribution in [2.45, 2.75) is 69.4 Å². The summed E-state index contributed by atoms with van der Waals surface area (Å²) in [7, 11) is 0. The first kappa shape index (κ1) is 18.5. The SMILES string of the molecule is Cc1cncc(CNCC[C@]2(c3ccccn3)CCOC3(CCCC3)C2)n1. The summed E-state index contributed by atoms with van der Waals surface area (Å²) in [5.41, 5.74) is 3.39. The largest absolute Gasteiger partial charge is 0.375 e. The van der Waals surface area contributed by atoms with Crippen molar-refractivity contribution in [3.05, 3.63) is 53.9 Å². The first-order chi connectivity index (χ1) is 13.2. The summed E-state index contributed by atoms with van der Waals surface area (Å²) in [6, 6.07) is 6.34. The smallest absolute Gasteiger partial charge is 0.0727 e. The molecule has 1 atom stereocenters. The van der Waals surface area contributed by atoms with Gasteiger partial charge in [-0.15, -0.1) is 0 Å². The first-order valence-corrected chi connectivity index (χ1v) is 10.2. The van der Waals surface area contributed by atoms with Crippen LogP contribution >= 0.6 is 0 Å². The summed E-state index contributed by atoms with van der Waals surface area (Å²) in [5.74, 6) is 0. The average molecular weight is 367 g/mol. The fourth-order valence-corrected chi connectivity index (χ4v) is 4.94. The summed E-state index contributed by atoms with van der Waals surface area (Å²) < 4.78 is 6.33. The van der Waals surface area contributed by atoms with E-state index in [-0.39, 0.29) is 11.0 Å². The van der Waals surface area contributed by atoms with E-state index in [4.69, 9.17) is 9.72 Å². The van der Waals surface area contributed by atoms with E-state index in [0.717, 1.165) is 50.3 Å². The molecular weight excluding hydrogens is 336 g/mol. The molecule has 144 valence electrons. The number of hydrogen-bond donors (Lipinski definition) is 1. The van der Waals surface area contributed by atoms with Gasteiger partial charge in [-0.2, -0.15) is 0 Å². The van der Waals surface area contributed by atoms with Crippen LogP contribution in [0, 0.1) is 6.92 Å². The molecule has 1 aliphatic carbocycles. The van der Waals surface area contributed by atoms with Gasteiger partial charge in [-0.3, -0.25) is 15.0 Å². The standard InChI is InChI=1S/C22H30N4O/c1-18-14-24-16-19(26-18)15-23-12-9-21(20-6-2-5-11-25-20)10-13-27-22(17-21)7-3-4-8-22/h2,5-6,11,14,16,23H,3-4,7-10,12-13,15,17H2,1H3/t21-/m0/s1. The van der Waals surface area contributed by atoms with Crippen molar-refractivity contribution in [3.8, 4) is 0 Å². The van der Waals surface area contributed by atoms with Gasteiger partial charge in [0.25, 0.3) is 0 Å². The molecule has 3 heterocycles. The van der Waals surface area contributed by atoms with E-state index in [1.54, 1.807) is 6.20 Å². The number of rotatable bonds is 6. The molecule has 1 N–H and O–H groups in total. The van der Waals surface area contributed by atoms with Crippen LogP contribution in [0.15, 0.2) is 36.8 Å². The molecule has 2 aromatic heterocycles. The Bertz CT molecular complexity index is 745. The van der Waals surface area contributed by atoms with Crippen LogP contribution in [0.2, 0.25) is 0 Å². The molecular formula is C22H30N4O. The highest BCUT2D eigenvalue weighted by Gasteiger charge is 2.48. The predicted molar refractivity (Wildman–Crippen MR) is 105 cm³/mol. The Balaban J connectivity index is 1.45. The maximum atomic E-state index is 6.33. The van der Waals surface area contributed by atoms with Gasteiger partial charge in [0.1, 0.15) is 0 Å². The zero-order valence-corrected chi connectivity index (χ0v) is 16.3. The third kappa shape index (κ3) is 4.19. The highest BCUT2D eigenvalue weighted by Crippen LogP contribution is 2.49. The monoisotopic (exact) mass is 366 g/mol. The predicted octanol–water partition coefficient (Wildman–Crippen LogP) is 3.72. The van der Waals surface area contributed by atoms with Crippen LogP contribution in [0.3, 0.4) is 0 Å². The quantitative estimate of drug-likeness (QED) is 0.790. The molecule has 0 bridgehead atoms. The van der Waals surface area contributed by atoms with Crippen molar-refractivity contribution < 1.29 is 4.74 Å². The van der Waals surface area contributed by atoms with E-state index in [1.807, 2.05) is 25.4 Å². The molecule has 0 unspecified atom stereocenters. The number of hydrogen-bond acceptors (Lipinski definition) is 5. The summed E-state index contributed by atoms with van der Waals surface area (Å²) in [5, 5.41) is 3.58. The second-order valence-corrected chi connectivity index (χ2v) is 8.24. The fourth-order valence-electron chi connectivity index (χ4n) is 4.94. The van der Waals surface area contributed by atoms with Gasteiger partial charge in [-0.25, -0.2) is 0 Å². The lowest BCUT2D eigenvalue weighted by atomic mass is 9.68. The van der Waals surface area contributed by atoms with E-state index in [1.165, 1.54) is 31.4 Å². The van der Waals surface area contributed by atoms with E-state index in [0.29, 0.717) is 0 Å². The number of nitrogens with zero attached hydrogens (tertiary/aromatic N) is 3. The maximum Gasteiger partial charge on any atom is 0.0727 e. The Kier molecular flexibility index (Phi) is 5.50. The summed E-state index contributed by atoms with van der Waals surface area (Å²) in [4.78, 5) is 13.5. The maximum absolute atomic E-state index is 6.33. The van der Waals surface area contributed by atoms with Crippen molar-refractivity contribution >= 4 is 0 Å². The Morgan fingerprint density at radius 2 is 2.04 bits per heavy atom. The lowest BCUT2D eigenvalue weighted by molar-refractivity contribution is -0.104. The average Bonchev–Trinajstić information content (AvgIpc) is 3.13. The van der Waals surface area contributed by atoms with Crippen LogP contribution in [-0.4, -0.2) is 33.7 Å². The lowest BCUT2D eigenvalue weighted by Crippen LogP contribution is -2.47. The zero-order valence-electron chi connectivity index (χ0n) is 16.3. The van der Waals surface area contributed by atoms with E-state index in [9.17, 15) is 0 Å². The molecule has 2 aliphatic rings. The van der Waals surface area contributed by atoms with Gasteiger partial charge < -0.3 is 10.1 Å². The number of ether oxygens (including phenoxy) is 1. The minimum absolute atomic E-state index is 0.0811. The Morgan fingerprint density at radius 3 is 2.81 bits per heavy atom. The van der Waals surface area contributed by atoms with E-state index < -0.39 is 0 Å². The summed E-state index contributed by atoms with van der Waals surface area (Å²) in [6.07, 6.45) is 13.8. The molecule has 4 rings (SSSR count). The van der Waals surface area contributed by atoms with Crippen molar-refractivity contribution in [1.29, 1.82) is 0 Å². The Labute approximate surface area is 162 Å². The number of aryl methyl sites for hydroxylation is 1. The van der Waals surface area contributed by atoms with Crippen LogP contribution in [-0.2, 0) is 16.7 Å². The minimum Gasteiger partial charge on any atom is -0.375 e. The molecule has 1 saturated heterocycles. The lowest BCUT2D eigenvalue weighted by Gasteiger charge is -2.46. The molecule has 1 spiro atoms. The summed E-state index contributed by atoms with van der Waals surface area (Å²) in [6.45, 7) is 4.53. The number of pyridine rings is 1. The molecule has 2 aromatic rings. The summed E-state index contributed by atoms with van der Waals surface area (Å²) >= 11 is 0. The van der Waals surface area contributed by atoms with E-state index in [2.05, 4.69) is 27.4 Å². The number of nitrogens with one attached hydrogen (secondary N) is 1. The van der Waals surface area contributed by atoms with Gasteiger partial charge in [0.15, 0.2) is 0 Å². The molecule has 1 saturated carbocycles. The van der Waals surface area contributed by atoms with Gasteiger partial charge in [-0.05, 0) is 57.7 Å². The van der Waals surface area contributed by atoms with E-state index >= 15 is 0 Å². The highest BCUT2D eigenvalue weighted by molar-refractivity contribution is 5.20. The molecule has 1 aliphatic heterocycles. The van der Waals surface area contributed by atoms with Crippen molar-refractivity contribution in [2.75, 3.05) is 13.2 Å². The molecule has 27 heavy (non-hydrogen) atoms. The molecule has 2 fully saturated rings. The third-order valence-corrected chi connectivity index (χ3v) is 6.26.